The van der Waals surface area contributed by atoms with Crippen molar-refractivity contribution in [1.29, 1.82) is 0 Å². The number of amides is 2. The molecule has 0 aromatic carbocycles. The Morgan fingerprint density at radius 1 is 0.818 bits per heavy atom. The van der Waals surface area contributed by atoms with Gasteiger partial charge in [-0.05, 0) is 40.0 Å². The van der Waals surface area contributed by atoms with E-state index in [-0.39, 0.29) is 0 Å². The van der Waals surface area contributed by atoms with Crippen molar-refractivity contribution in [2.75, 3.05) is 39.9 Å². The van der Waals surface area contributed by atoms with Gasteiger partial charge in [0.2, 0.25) is 11.8 Å². The molecular weight excluding hydrogens is 280 g/mol. The van der Waals surface area contributed by atoms with Crippen molar-refractivity contribution in [3.05, 3.63) is 0 Å². The number of ether oxygens (including phenoxy) is 1. The standard InChI is InChI=1S/C8H15NO.C6H11NO.C3H8O/c1-2-9-7-5-3-4-6-8(9)10;1-2-7-5-3-4-6(7)8;1-3-4-2/h2-7H2,1H3;2-5H2,1H3;3H2,1-2H3. The first kappa shape index (κ1) is 20.9. The minimum Gasteiger partial charge on any atom is -0.385 e. The van der Waals surface area contributed by atoms with Crippen LogP contribution in [0.2, 0.25) is 0 Å². The van der Waals surface area contributed by atoms with Crippen molar-refractivity contribution in [3.8, 4) is 0 Å². The van der Waals surface area contributed by atoms with Crippen LogP contribution in [0.3, 0.4) is 0 Å². The lowest BCUT2D eigenvalue weighted by Crippen LogP contribution is -2.29. The van der Waals surface area contributed by atoms with Gasteiger partial charge in [0.15, 0.2) is 0 Å². The van der Waals surface area contributed by atoms with E-state index in [1.54, 1.807) is 7.11 Å². The quantitative estimate of drug-likeness (QED) is 0.805. The maximum Gasteiger partial charge on any atom is 0.222 e. The van der Waals surface area contributed by atoms with Crippen molar-refractivity contribution in [1.82, 2.24) is 9.80 Å². The van der Waals surface area contributed by atoms with Gasteiger partial charge >= 0.3 is 0 Å². The Labute approximate surface area is 136 Å². The average Bonchev–Trinajstić information content (AvgIpc) is 2.84. The van der Waals surface area contributed by atoms with E-state index in [0.29, 0.717) is 11.8 Å². The molecule has 0 saturated carbocycles. The molecule has 5 heteroatoms. The highest BCUT2D eigenvalue weighted by molar-refractivity contribution is 5.78. The zero-order valence-corrected chi connectivity index (χ0v) is 14.9. The van der Waals surface area contributed by atoms with Crippen LogP contribution in [0, 0.1) is 0 Å². The van der Waals surface area contributed by atoms with Gasteiger partial charge in [-0.25, -0.2) is 0 Å². The van der Waals surface area contributed by atoms with Gasteiger partial charge in [-0.1, -0.05) is 6.42 Å². The largest absolute Gasteiger partial charge is 0.385 e. The summed E-state index contributed by atoms with van der Waals surface area (Å²) in [6.45, 7) is 10.6. The first-order valence-corrected chi connectivity index (χ1v) is 8.65. The SMILES string of the molecule is CCN1CCCC1=O.CCN1CCCCCC1=O.CCOC. The van der Waals surface area contributed by atoms with Crippen LogP contribution in [0.5, 0.6) is 0 Å². The Kier molecular flexibility index (Phi) is 12.9. The Morgan fingerprint density at radius 3 is 1.64 bits per heavy atom. The minimum atomic E-state index is 0.326. The smallest absolute Gasteiger partial charge is 0.222 e. The first-order valence-electron chi connectivity index (χ1n) is 8.65. The molecular formula is C17H34N2O3. The van der Waals surface area contributed by atoms with Gasteiger partial charge in [0.25, 0.3) is 0 Å². The molecule has 2 saturated heterocycles. The number of hydrogen-bond donors (Lipinski definition) is 0. The van der Waals surface area contributed by atoms with E-state index in [2.05, 4.69) is 4.74 Å². The summed E-state index contributed by atoms with van der Waals surface area (Å²) >= 11 is 0. The molecule has 2 aliphatic rings. The number of nitrogens with zero attached hydrogens (tertiary/aromatic N) is 2. The van der Waals surface area contributed by atoms with Crippen LogP contribution < -0.4 is 0 Å². The number of carbonyl (C=O) groups is 2. The van der Waals surface area contributed by atoms with Crippen molar-refractivity contribution in [3.63, 3.8) is 0 Å². The summed E-state index contributed by atoms with van der Waals surface area (Å²) in [6, 6.07) is 0. The number of rotatable bonds is 3. The number of carbonyl (C=O) groups excluding carboxylic acids is 2. The van der Waals surface area contributed by atoms with E-state index in [0.717, 1.165) is 58.5 Å². The van der Waals surface area contributed by atoms with Crippen molar-refractivity contribution in [2.45, 2.75) is 59.3 Å². The van der Waals surface area contributed by atoms with Gasteiger partial charge in [-0.15, -0.1) is 0 Å². The van der Waals surface area contributed by atoms with E-state index < -0.39 is 0 Å². The van der Waals surface area contributed by atoms with E-state index in [1.807, 2.05) is 30.6 Å². The molecule has 5 nitrogen and oxygen atoms in total. The third kappa shape index (κ3) is 9.03. The third-order valence-electron chi connectivity index (χ3n) is 3.89. The van der Waals surface area contributed by atoms with Gasteiger partial charge in [0, 0.05) is 52.7 Å². The molecule has 0 N–H and O–H groups in total. The van der Waals surface area contributed by atoms with Crippen molar-refractivity contribution in [2.24, 2.45) is 0 Å². The summed E-state index contributed by atoms with van der Waals surface area (Å²) in [5.41, 5.74) is 0. The molecule has 0 aliphatic carbocycles. The van der Waals surface area contributed by atoms with Crippen LogP contribution in [0.1, 0.15) is 59.3 Å². The molecule has 0 aromatic heterocycles. The number of methoxy groups -OCH3 is 1. The van der Waals surface area contributed by atoms with Crippen molar-refractivity contribution < 1.29 is 14.3 Å². The van der Waals surface area contributed by atoms with Gasteiger partial charge in [-0.3, -0.25) is 9.59 Å². The summed E-state index contributed by atoms with van der Waals surface area (Å²) in [5, 5.41) is 0. The van der Waals surface area contributed by atoms with Crippen LogP contribution in [0.15, 0.2) is 0 Å². The minimum absolute atomic E-state index is 0.326. The first-order chi connectivity index (χ1) is 10.6. The zero-order chi connectivity index (χ0) is 16.8. The second-order valence-electron chi connectivity index (χ2n) is 5.44. The average molecular weight is 314 g/mol. The van der Waals surface area contributed by atoms with Gasteiger partial charge in [0.05, 0.1) is 0 Å². The molecule has 0 bridgehead atoms. The summed E-state index contributed by atoms with van der Waals surface area (Å²) in [6.07, 6.45) is 6.12. The second kappa shape index (κ2) is 13.6. The lowest BCUT2D eigenvalue weighted by molar-refractivity contribution is -0.130. The lowest BCUT2D eigenvalue weighted by atomic mass is 10.2. The Morgan fingerprint density at radius 2 is 1.27 bits per heavy atom. The highest BCUT2D eigenvalue weighted by Crippen LogP contribution is 2.10. The van der Waals surface area contributed by atoms with E-state index in [4.69, 9.17) is 0 Å². The highest BCUT2D eigenvalue weighted by atomic mass is 16.5. The molecule has 2 rings (SSSR count). The van der Waals surface area contributed by atoms with E-state index >= 15 is 0 Å². The van der Waals surface area contributed by atoms with Crippen molar-refractivity contribution >= 4 is 11.8 Å². The summed E-state index contributed by atoms with van der Waals surface area (Å²) in [5.74, 6) is 0.674. The maximum absolute atomic E-state index is 11.2. The molecule has 0 aromatic rings. The van der Waals surface area contributed by atoms with Gasteiger partial charge < -0.3 is 14.5 Å². The van der Waals surface area contributed by atoms with Gasteiger partial charge in [-0.2, -0.15) is 0 Å². The lowest BCUT2D eigenvalue weighted by Gasteiger charge is -2.17. The summed E-state index contributed by atoms with van der Waals surface area (Å²) < 4.78 is 4.54. The molecule has 2 aliphatic heterocycles. The molecule has 2 fully saturated rings. The van der Waals surface area contributed by atoms with Crippen LogP contribution in [-0.4, -0.2) is 61.5 Å². The Hall–Kier alpha value is -1.10. The molecule has 130 valence electrons. The number of hydrogen-bond acceptors (Lipinski definition) is 3. The van der Waals surface area contributed by atoms with Crippen LogP contribution in [0.4, 0.5) is 0 Å². The predicted octanol–water partition coefficient (Wildman–Crippen LogP) is 2.69. The van der Waals surface area contributed by atoms with Gasteiger partial charge in [0.1, 0.15) is 0 Å². The fourth-order valence-electron chi connectivity index (χ4n) is 2.41. The second-order valence-corrected chi connectivity index (χ2v) is 5.44. The Balaban J connectivity index is 0.000000330. The van der Waals surface area contributed by atoms with Crippen LogP contribution >= 0.6 is 0 Å². The fraction of sp³-hybridized carbons (Fsp3) is 0.882. The highest BCUT2D eigenvalue weighted by Gasteiger charge is 2.17. The van der Waals surface area contributed by atoms with E-state index in [9.17, 15) is 9.59 Å². The molecule has 22 heavy (non-hydrogen) atoms. The Bertz CT molecular complexity index is 306. The number of likely N-dealkylation sites (tertiary alicyclic amines) is 2. The molecule has 2 heterocycles. The molecule has 0 radical (unpaired) electrons. The monoisotopic (exact) mass is 314 g/mol. The maximum atomic E-state index is 11.2. The molecule has 0 spiro atoms. The summed E-state index contributed by atoms with van der Waals surface area (Å²) in [4.78, 5) is 25.7. The van der Waals surface area contributed by atoms with Crippen LogP contribution in [-0.2, 0) is 14.3 Å². The zero-order valence-electron chi connectivity index (χ0n) is 14.9. The fourth-order valence-corrected chi connectivity index (χ4v) is 2.41. The molecule has 0 unspecified atom stereocenters. The van der Waals surface area contributed by atoms with E-state index in [1.165, 1.54) is 12.8 Å². The summed E-state index contributed by atoms with van der Waals surface area (Å²) in [7, 11) is 1.68. The normalized spacial score (nSPS) is 18.2. The third-order valence-corrected chi connectivity index (χ3v) is 3.89. The molecule has 2 amide bonds. The van der Waals surface area contributed by atoms with Crippen LogP contribution in [0.25, 0.3) is 0 Å². The topological polar surface area (TPSA) is 49.9 Å². The predicted molar refractivity (Wildman–Crippen MR) is 89.8 cm³/mol. The molecule has 0 atom stereocenters.